The van der Waals surface area contributed by atoms with E-state index in [4.69, 9.17) is 9.15 Å². The summed E-state index contributed by atoms with van der Waals surface area (Å²) in [5, 5.41) is 6.01. The lowest BCUT2D eigenvalue weighted by molar-refractivity contribution is -0.127. The van der Waals surface area contributed by atoms with Gasteiger partial charge >= 0.3 is 0 Å². The summed E-state index contributed by atoms with van der Waals surface area (Å²) in [6.07, 6.45) is -0.145. The number of carbonyl (C=O) groups excluding carboxylic acids is 4. The maximum atomic E-state index is 13.2. The topological polar surface area (TPSA) is 121 Å². The molecule has 5 rings (SSSR count). The predicted molar refractivity (Wildman–Crippen MR) is 144 cm³/mol. The highest BCUT2D eigenvalue weighted by molar-refractivity contribution is 6.10. The zero-order valence-corrected chi connectivity index (χ0v) is 22.3. The fourth-order valence-electron chi connectivity index (χ4n) is 5.35. The van der Waals surface area contributed by atoms with E-state index in [2.05, 4.69) is 29.4 Å². The summed E-state index contributed by atoms with van der Waals surface area (Å²) in [7, 11) is 1.53. The molecule has 0 radical (unpaired) electrons. The van der Waals surface area contributed by atoms with E-state index in [1.807, 2.05) is 6.07 Å². The lowest BCUT2D eigenvalue weighted by Crippen LogP contribution is -2.46. The summed E-state index contributed by atoms with van der Waals surface area (Å²) >= 11 is 0. The molecule has 1 fully saturated rings. The summed E-state index contributed by atoms with van der Waals surface area (Å²) in [6.45, 7) is 7.53. The van der Waals surface area contributed by atoms with Gasteiger partial charge in [-0.1, -0.05) is 26.0 Å². The first-order valence-corrected chi connectivity index (χ1v) is 13.1. The predicted octanol–water partition coefficient (Wildman–Crippen LogP) is 2.45. The van der Waals surface area contributed by atoms with Crippen LogP contribution in [0.3, 0.4) is 0 Å². The van der Waals surface area contributed by atoms with Gasteiger partial charge in [0.05, 0.1) is 13.5 Å². The van der Waals surface area contributed by atoms with Crippen molar-refractivity contribution in [3.63, 3.8) is 0 Å². The fourth-order valence-corrected chi connectivity index (χ4v) is 5.35. The van der Waals surface area contributed by atoms with Gasteiger partial charge in [0.15, 0.2) is 0 Å². The van der Waals surface area contributed by atoms with Gasteiger partial charge in [-0.3, -0.25) is 24.5 Å². The number of furan rings is 1. The molecule has 1 atom stereocenters. The minimum absolute atomic E-state index is 0.0288. The molecule has 0 aliphatic carbocycles. The van der Waals surface area contributed by atoms with Crippen molar-refractivity contribution >= 4 is 34.6 Å². The van der Waals surface area contributed by atoms with Crippen molar-refractivity contribution in [3.05, 3.63) is 64.9 Å². The van der Waals surface area contributed by atoms with E-state index in [1.165, 1.54) is 7.11 Å². The fraction of sp³-hybridized carbons (Fsp3) is 0.379. The molecule has 0 spiro atoms. The number of methoxy groups -OCH3 is 1. The molecule has 2 N–H and O–H groups in total. The number of ether oxygens (including phenoxy) is 1. The molecule has 3 heterocycles. The monoisotopic (exact) mass is 532 g/mol. The van der Waals surface area contributed by atoms with Gasteiger partial charge in [-0.2, -0.15) is 0 Å². The van der Waals surface area contributed by atoms with Crippen LogP contribution in [-0.2, 0) is 21.5 Å². The number of carbonyl (C=O) groups is 4. The highest BCUT2D eigenvalue weighted by Crippen LogP contribution is 2.39. The van der Waals surface area contributed by atoms with Crippen molar-refractivity contribution in [3.8, 4) is 5.75 Å². The third-order valence-electron chi connectivity index (χ3n) is 7.67. The molecule has 204 valence electrons. The number of nitrogens with one attached hydrogen (secondary N) is 2. The molecule has 2 aliphatic heterocycles. The van der Waals surface area contributed by atoms with E-state index in [0.29, 0.717) is 40.9 Å². The van der Waals surface area contributed by atoms with Gasteiger partial charge in [0, 0.05) is 42.7 Å². The Balaban J connectivity index is 1.40. The molecular formula is C29H32N4O6. The maximum Gasteiger partial charge on any atom is 0.254 e. The molecule has 2 aliphatic rings. The van der Waals surface area contributed by atoms with Crippen LogP contribution in [0.4, 0.5) is 0 Å². The van der Waals surface area contributed by atoms with Crippen molar-refractivity contribution in [2.45, 2.75) is 32.2 Å². The van der Waals surface area contributed by atoms with Gasteiger partial charge in [-0.05, 0) is 49.0 Å². The molecule has 0 saturated carbocycles. The first-order chi connectivity index (χ1) is 18.8. The zero-order valence-electron chi connectivity index (χ0n) is 22.3. The molecule has 3 aromatic rings. The van der Waals surface area contributed by atoms with Crippen LogP contribution in [0.2, 0.25) is 0 Å². The van der Waals surface area contributed by atoms with Gasteiger partial charge in [0.2, 0.25) is 11.8 Å². The number of benzene rings is 2. The van der Waals surface area contributed by atoms with E-state index in [1.54, 1.807) is 41.3 Å². The minimum atomic E-state index is -1.38. The summed E-state index contributed by atoms with van der Waals surface area (Å²) in [5.41, 5.74) is 0.804. The standard InChI is InChI=1S/C29H32N4O6/c1-4-32(5-2)11-10-30-26(35)19-7-6-18-13-24(39-23(18)12-19)29(15-25(34)31-28(29)37)17-33-16-20-8-9-21(38-3)14-22(20)27(33)36/h6-9,12-14H,4-5,10-11,15-17H2,1-3H3,(H,30,35)(H,31,34,37)/t29-/m1/s1. The van der Waals surface area contributed by atoms with Gasteiger partial charge in [-0.15, -0.1) is 0 Å². The number of imide groups is 1. The molecule has 2 aromatic carbocycles. The Hall–Kier alpha value is -4.18. The van der Waals surface area contributed by atoms with Crippen LogP contribution >= 0.6 is 0 Å². The van der Waals surface area contributed by atoms with Crippen LogP contribution in [0.1, 0.15) is 52.3 Å². The zero-order chi connectivity index (χ0) is 27.7. The van der Waals surface area contributed by atoms with Gasteiger partial charge in [0.25, 0.3) is 11.8 Å². The van der Waals surface area contributed by atoms with Crippen molar-refractivity contribution in [2.75, 3.05) is 39.8 Å². The number of hydrogen-bond acceptors (Lipinski definition) is 7. The lowest BCUT2D eigenvalue weighted by Gasteiger charge is -2.28. The highest BCUT2D eigenvalue weighted by atomic mass is 16.5. The van der Waals surface area contributed by atoms with E-state index in [0.717, 1.165) is 25.2 Å². The largest absolute Gasteiger partial charge is 0.497 e. The number of nitrogens with zero attached hydrogens (tertiary/aromatic N) is 2. The molecule has 10 heteroatoms. The Kier molecular flexibility index (Phi) is 7.14. The van der Waals surface area contributed by atoms with Crippen molar-refractivity contribution in [2.24, 2.45) is 0 Å². The van der Waals surface area contributed by atoms with Gasteiger partial charge in [0.1, 0.15) is 22.5 Å². The van der Waals surface area contributed by atoms with Crippen molar-refractivity contribution in [1.29, 1.82) is 0 Å². The number of rotatable bonds is 10. The smallest absolute Gasteiger partial charge is 0.254 e. The molecular weight excluding hydrogens is 500 g/mol. The minimum Gasteiger partial charge on any atom is -0.497 e. The van der Waals surface area contributed by atoms with Crippen LogP contribution in [0.5, 0.6) is 5.75 Å². The van der Waals surface area contributed by atoms with E-state index in [-0.39, 0.29) is 30.5 Å². The second kappa shape index (κ2) is 10.5. The number of amides is 4. The Morgan fingerprint density at radius 1 is 1.13 bits per heavy atom. The summed E-state index contributed by atoms with van der Waals surface area (Å²) in [6, 6.07) is 12.1. The first-order valence-electron chi connectivity index (χ1n) is 13.1. The second-order valence-corrected chi connectivity index (χ2v) is 9.97. The van der Waals surface area contributed by atoms with Crippen LogP contribution in [-0.4, -0.2) is 73.3 Å². The lowest BCUT2D eigenvalue weighted by atomic mass is 9.82. The van der Waals surface area contributed by atoms with Crippen LogP contribution < -0.4 is 15.4 Å². The molecule has 0 unspecified atom stereocenters. The second-order valence-electron chi connectivity index (χ2n) is 9.97. The number of likely N-dealkylation sites (N-methyl/N-ethyl adjacent to an activating group) is 1. The average Bonchev–Trinajstić information content (AvgIpc) is 3.59. The molecule has 1 saturated heterocycles. The Morgan fingerprint density at radius 3 is 2.62 bits per heavy atom. The Bertz CT molecular complexity index is 1460. The Morgan fingerprint density at radius 2 is 1.92 bits per heavy atom. The average molecular weight is 533 g/mol. The highest BCUT2D eigenvalue weighted by Gasteiger charge is 2.53. The normalized spacial score (nSPS) is 18.7. The van der Waals surface area contributed by atoms with Crippen molar-refractivity contribution in [1.82, 2.24) is 20.4 Å². The van der Waals surface area contributed by atoms with Crippen LogP contribution in [0.15, 0.2) is 46.9 Å². The summed E-state index contributed by atoms with van der Waals surface area (Å²) in [4.78, 5) is 55.4. The van der Waals surface area contributed by atoms with Gasteiger partial charge < -0.3 is 24.3 Å². The molecule has 0 bridgehead atoms. The van der Waals surface area contributed by atoms with Crippen LogP contribution in [0.25, 0.3) is 11.0 Å². The third kappa shape index (κ3) is 4.87. The Labute approximate surface area is 226 Å². The van der Waals surface area contributed by atoms with Gasteiger partial charge in [-0.25, -0.2) is 0 Å². The summed E-state index contributed by atoms with van der Waals surface area (Å²) in [5.74, 6) is -0.558. The number of fused-ring (bicyclic) bond motifs is 2. The first kappa shape index (κ1) is 26.4. The molecule has 4 amide bonds. The van der Waals surface area contributed by atoms with Crippen molar-refractivity contribution < 1.29 is 28.3 Å². The number of hydrogen-bond donors (Lipinski definition) is 2. The SMILES string of the molecule is CCN(CC)CCNC(=O)c1ccc2cc([C@]3(CN4Cc5ccc(OC)cc5C4=O)CC(=O)NC3=O)oc2c1. The van der Waals surface area contributed by atoms with E-state index in [9.17, 15) is 19.2 Å². The van der Waals surface area contributed by atoms with E-state index < -0.39 is 17.2 Å². The van der Waals surface area contributed by atoms with E-state index >= 15 is 0 Å². The molecule has 10 nitrogen and oxygen atoms in total. The maximum absolute atomic E-state index is 13.2. The molecule has 39 heavy (non-hydrogen) atoms. The third-order valence-corrected chi connectivity index (χ3v) is 7.67. The summed E-state index contributed by atoms with van der Waals surface area (Å²) < 4.78 is 11.4. The van der Waals surface area contributed by atoms with Crippen LogP contribution in [0, 0.1) is 0 Å². The molecule has 1 aromatic heterocycles. The quantitative estimate of drug-likeness (QED) is 0.385.